The molecule has 2 amide bonds. The maximum Gasteiger partial charge on any atom is 0.416 e. The van der Waals surface area contributed by atoms with E-state index in [1.807, 2.05) is 60.7 Å². The van der Waals surface area contributed by atoms with Crippen LogP contribution in [0.1, 0.15) is 44.0 Å². The second-order valence-electron chi connectivity index (χ2n) is 10.2. The normalized spacial score (nSPS) is 16.4. The molecular formula is C34H31F3N2O5S. The predicted octanol–water partition coefficient (Wildman–Crippen LogP) is 6.89. The Bertz CT molecular complexity index is 1570. The van der Waals surface area contributed by atoms with E-state index in [4.69, 9.17) is 14.2 Å². The first-order valence-corrected chi connectivity index (χ1v) is 15.0. The van der Waals surface area contributed by atoms with E-state index < -0.39 is 41.0 Å². The minimum absolute atomic E-state index is 0.157. The predicted molar refractivity (Wildman–Crippen MR) is 166 cm³/mol. The summed E-state index contributed by atoms with van der Waals surface area (Å²) in [5, 5.41) is 2.38. The van der Waals surface area contributed by atoms with Crippen LogP contribution < -0.4 is 19.5 Å². The van der Waals surface area contributed by atoms with Gasteiger partial charge in [0.15, 0.2) is 11.5 Å². The number of halogens is 3. The minimum atomic E-state index is -4.51. The first-order chi connectivity index (χ1) is 21.7. The van der Waals surface area contributed by atoms with Crippen LogP contribution in [-0.4, -0.2) is 49.8 Å². The zero-order valence-corrected chi connectivity index (χ0v) is 25.5. The Morgan fingerprint density at radius 2 is 1.36 bits per heavy atom. The Hall–Kier alpha value is -4.64. The van der Waals surface area contributed by atoms with E-state index in [0.29, 0.717) is 5.56 Å². The van der Waals surface area contributed by atoms with Gasteiger partial charge in [-0.1, -0.05) is 72.8 Å². The third-order valence-corrected chi connectivity index (χ3v) is 8.85. The average molecular weight is 637 g/mol. The van der Waals surface area contributed by atoms with Crippen molar-refractivity contribution in [3.05, 3.63) is 125 Å². The summed E-state index contributed by atoms with van der Waals surface area (Å²) in [6.07, 6.45) is -4.51. The molecule has 0 bridgehead atoms. The summed E-state index contributed by atoms with van der Waals surface area (Å²) in [4.78, 5) is 29.9. The molecular weight excluding hydrogens is 605 g/mol. The summed E-state index contributed by atoms with van der Waals surface area (Å²) in [7, 11) is 4.29. The fourth-order valence-corrected chi connectivity index (χ4v) is 6.72. The summed E-state index contributed by atoms with van der Waals surface area (Å²) in [6.45, 7) is 0. The third kappa shape index (κ3) is 6.73. The number of amides is 2. The Morgan fingerprint density at radius 3 is 1.82 bits per heavy atom. The summed E-state index contributed by atoms with van der Waals surface area (Å²) in [6, 6.07) is 25.1. The maximum absolute atomic E-state index is 14.3. The molecule has 0 saturated carbocycles. The third-order valence-electron chi connectivity index (χ3n) is 7.52. The van der Waals surface area contributed by atoms with Crippen LogP contribution in [0.4, 0.5) is 13.2 Å². The summed E-state index contributed by atoms with van der Waals surface area (Å²) in [5.41, 5.74) is 1.50. The van der Waals surface area contributed by atoms with Crippen LogP contribution in [0.5, 0.6) is 17.2 Å². The lowest BCUT2D eigenvalue weighted by atomic mass is 9.98. The van der Waals surface area contributed by atoms with Gasteiger partial charge >= 0.3 is 6.18 Å². The Morgan fingerprint density at radius 1 is 0.822 bits per heavy atom. The van der Waals surface area contributed by atoms with Crippen molar-refractivity contribution in [2.75, 3.05) is 27.1 Å². The molecule has 2 atom stereocenters. The van der Waals surface area contributed by atoms with E-state index in [1.54, 1.807) is 0 Å². The van der Waals surface area contributed by atoms with Gasteiger partial charge in [0.2, 0.25) is 11.7 Å². The van der Waals surface area contributed by atoms with Gasteiger partial charge in [-0.05, 0) is 41.0 Å². The topological polar surface area (TPSA) is 77.1 Å². The van der Waals surface area contributed by atoms with Crippen molar-refractivity contribution in [3.8, 4) is 17.2 Å². The number of nitrogens with zero attached hydrogens (tertiary/aromatic N) is 1. The van der Waals surface area contributed by atoms with E-state index in [2.05, 4.69) is 5.32 Å². The first kappa shape index (κ1) is 31.8. The zero-order chi connectivity index (χ0) is 32.1. The number of carbonyl (C=O) groups excluding carboxylic acids is 2. The van der Waals surface area contributed by atoms with Crippen LogP contribution in [-0.2, 0) is 11.0 Å². The molecule has 0 radical (unpaired) electrons. The number of benzene rings is 4. The summed E-state index contributed by atoms with van der Waals surface area (Å²) >= 11 is 1.30. The van der Waals surface area contributed by atoms with Gasteiger partial charge in [0.1, 0.15) is 11.4 Å². The van der Waals surface area contributed by atoms with E-state index in [9.17, 15) is 22.8 Å². The molecule has 4 aromatic carbocycles. The Balaban J connectivity index is 1.55. The molecule has 45 heavy (non-hydrogen) atoms. The lowest BCUT2D eigenvalue weighted by molar-refractivity contribution is -0.137. The molecule has 234 valence electrons. The quantitative estimate of drug-likeness (QED) is 0.216. The molecule has 1 aliphatic rings. The van der Waals surface area contributed by atoms with Crippen LogP contribution in [0.2, 0.25) is 0 Å². The number of methoxy groups -OCH3 is 3. The number of hydrogen-bond acceptors (Lipinski definition) is 6. The molecule has 0 aliphatic carbocycles. The Labute approximate surface area is 263 Å². The standard InChI is InChI=1S/C34H31F3N2O5S/c1-42-27-18-24(19-28(43-2)30(27)44-3)32(41)39-26(20-45-33(39)23-14-16-25(17-15-23)34(35,36)37)31(40)38-29(21-10-6-4-7-11-21)22-12-8-5-9-13-22/h4-19,26,29,33H,20H2,1-3H3,(H,38,40). The molecule has 4 aromatic rings. The van der Waals surface area contributed by atoms with Gasteiger partial charge in [0.05, 0.1) is 32.9 Å². The summed E-state index contributed by atoms with van der Waals surface area (Å²) < 4.78 is 56.3. The average Bonchev–Trinajstić information content (AvgIpc) is 3.52. The van der Waals surface area contributed by atoms with Crippen molar-refractivity contribution in [2.24, 2.45) is 0 Å². The van der Waals surface area contributed by atoms with Crippen molar-refractivity contribution in [3.63, 3.8) is 0 Å². The highest BCUT2D eigenvalue weighted by molar-refractivity contribution is 7.99. The van der Waals surface area contributed by atoms with Crippen LogP contribution in [0.25, 0.3) is 0 Å². The highest BCUT2D eigenvalue weighted by atomic mass is 32.2. The molecule has 1 saturated heterocycles. The first-order valence-electron chi connectivity index (χ1n) is 14.0. The van der Waals surface area contributed by atoms with Gasteiger partial charge in [-0.3, -0.25) is 9.59 Å². The molecule has 5 rings (SSSR count). The maximum atomic E-state index is 14.3. The molecule has 0 aromatic heterocycles. The highest BCUT2D eigenvalue weighted by Crippen LogP contribution is 2.45. The van der Waals surface area contributed by atoms with Crippen LogP contribution in [0.15, 0.2) is 97.1 Å². The second kappa shape index (κ2) is 13.6. The molecule has 1 N–H and O–H groups in total. The lowest BCUT2D eigenvalue weighted by Crippen LogP contribution is -2.49. The molecule has 1 aliphatic heterocycles. The number of hydrogen-bond donors (Lipinski definition) is 1. The highest BCUT2D eigenvalue weighted by Gasteiger charge is 2.44. The lowest BCUT2D eigenvalue weighted by Gasteiger charge is -2.31. The van der Waals surface area contributed by atoms with E-state index in [-0.39, 0.29) is 28.6 Å². The van der Waals surface area contributed by atoms with Crippen molar-refractivity contribution in [1.82, 2.24) is 10.2 Å². The fraction of sp³-hybridized carbons (Fsp3) is 0.235. The van der Waals surface area contributed by atoms with E-state index >= 15 is 0 Å². The number of rotatable bonds is 9. The Kier molecular flexibility index (Phi) is 9.57. The number of carbonyl (C=O) groups is 2. The van der Waals surface area contributed by atoms with E-state index in [1.165, 1.54) is 62.3 Å². The zero-order valence-electron chi connectivity index (χ0n) is 24.7. The van der Waals surface area contributed by atoms with E-state index in [0.717, 1.165) is 23.3 Å². The molecule has 1 heterocycles. The van der Waals surface area contributed by atoms with Crippen molar-refractivity contribution >= 4 is 23.6 Å². The molecule has 0 spiro atoms. The van der Waals surface area contributed by atoms with Gasteiger partial charge in [0.25, 0.3) is 5.91 Å². The second-order valence-corrected chi connectivity index (χ2v) is 11.3. The van der Waals surface area contributed by atoms with Crippen LogP contribution >= 0.6 is 11.8 Å². The van der Waals surface area contributed by atoms with Crippen molar-refractivity contribution < 1.29 is 37.0 Å². The number of thioether (sulfide) groups is 1. The smallest absolute Gasteiger partial charge is 0.416 e. The number of nitrogens with one attached hydrogen (secondary N) is 1. The van der Waals surface area contributed by atoms with Gasteiger partial charge in [-0.2, -0.15) is 13.2 Å². The minimum Gasteiger partial charge on any atom is -0.493 e. The number of alkyl halides is 3. The monoisotopic (exact) mass is 636 g/mol. The van der Waals surface area contributed by atoms with Crippen LogP contribution in [0, 0.1) is 0 Å². The van der Waals surface area contributed by atoms with Gasteiger partial charge < -0.3 is 24.4 Å². The molecule has 11 heteroatoms. The largest absolute Gasteiger partial charge is 0.493 e. The summed E-state index contributed by atoms with van der Waals surface area (Å²) in [5.74, 6) is 0.0501. The molecule has 2 unspecified atom stereocenters. The van der Waals surface area contributed by atoms with Gasteiger partial charge in [0, 0.05) is 11.3 Å². The van der Waals surface area contributed by atoms with Crippen LogP contribution in [0.3, 0.4) is 0 Å². The van der Waals surface area contributed by atoms with Crippen molar-refractivity contribution in [1.29, 1.82) is 0 Å². The SMILES string of the molecule is COc1cc(C(=O)N2C(C(=O)NC(c3ccccc3)c3ccccc3)CSC2c2ccc(C(F)(F)F)cc2)cc(OC)c1OC. The molecule has 1 fully saturated rings. The van der Waals surface area contributed by atoms with Gasteiger partial charge in [-0.15, -0.1) is 11.8 Å². The van der Waals surface area contributed by atoms with Crippen molar-refractivity contribution in [2.45, 2.75) is 23.6 Å². The molecule has 7 nitrogen and oxygen atoms in total. The van der Waals surface area contributed by atoms with Gasteiger partial charge in [-0.25, -0.2) is 0 Å². The fourth-order valence-electron chi connectivity index (χ4n) is 5.29. The number of ether oxygens (including phenoxy) is 3.